The molecule has 0 aliphatic heterocycles. The van der Waals surface area contributed by atoms with Gasteiger partial charge in [0.1, 0.15) is 23.4 Å². The predicted molar refractivity (Wildman–Crippen MR) is 129 cm³/mol. The molecule has 0 bridgehead atoms. The third-order valence-electron chi connectivity index (χ3n) is 6.07. The van der Waals surface area contributed by atoms with Gasteiger partial charge in [-0.15, -0.1) is 0 Å². The molecule has 1 saturated carbocycles. The third kappa shape index (κ3) is 4.39. The summed E-state index contributed by atoms with van der Waals surface area (Å²) in [5.41, 5.74) is 9.46. The standard InChI is InChI=1S/C24H28N8O4/c1-24(2,3)32-23-17(21(25)31(4)12-28-23)18(29-32)19-16(20(36-30-19)14-5-6-14)22-26-9-13(10-27-22)7-8-35-11-15(33)34/h9-10,12,14,25H,5-8,11H2,1-4H3,(H,33,34)/p+1. The van der Waals surface area contributed by atoms with E-state index < -0.39 is 5.97 Å². The van der Waals surface area contributed by atoms with Crippen molar-refractivity contribution in [1.82, 2.24) is 29.9 Å². The second-order valence-electron chi connectivity index (χ2n) is 10.0. The molecule has 188 valence electrons. The average molecular weight is 494 g/mol. The van der Waals surface area contributed by atoms with Gasteiger partial charge in [0, 0.05) is 18.3 Å². The Morgan fingerprint density at radius 3 is 2.61 bits per heavy atom. The van der Waals surface area contributed by atoms with Crippen LogP contribution < -0.4 is 10.3 Å². The number of carbonyl (C=O) groups is 1. The van der Waals surface area contributed by atoms with E-state index in [0.717, 1.165) is 24.2 Å². The predicted octanol–water partition coefficient (Wildman–Crippen LogP) is 2.23. The number of ether oxygens (including phenoxy) is 1. The molecule has 12 heteroatoms. The van der Waals surface area contributed by atoms with E-state index in [1.165, 1.54) is 0 Å². The number of hydrogen-bond donors (Lipinski definition) is 2. The maximum absolute atomic E-state index is 10.6. The highest BCUT2D eigenvalue weighted by Gasteiger charge is 2.37. The van der Waals surface area contributed by atoms with Crippen molar-refractivity contribution >= 4 is 22.8 Å². The normalized spacial score (nSPS) is 14.0. The van der Waals surface area contributed by atoms with Gasteiger partial charge in [0.05, 0.1) is 24.8 Å². The van der Waals surface area contributed by atoms with Crippen molar-refractivity contribution in [1.29, 1.82) is 0 Å². The van der Waals surface area contributed by atoms with Crippen LogP contribution in [-0.2, 0) is 28.5 Å². The van der Waals surface area contributed by atoms with Crippen molar-refractivity contribution in [3.63, 3.8) is 0 Å². The minimum atomic E-state index is -1.000. The number of carboxylic acid groups (broad SMARTS) is 1. The van der Waals surface area contributed by atoms with Gasteiger partial charge in [-0.25, -0.2) is 24.0 Å². The zero-order chi connectivity index (χ0) is 25.6. The Morgan fingerprint density at radius 1 is 1.25 bits per heavy atom. The molecule has 0 amide bonds. The van der Waals surface area contributed by atoms with Crippen LogP contribution in [0.5, 0.6) is 0 Å². The van der Waals surface area contributed by atoms with Crippen LogP contribution in [-0.4, -0.2) is 54.2 Å². The summed E-state index contributed by atoms with van der Waals surface area (Å²) in [5.74, 6) is 1.00. The lowest BCUT2D eigenvalue weighted by Gasteiger charge is -2.18. The Bertz CT molecular complexity index is 1430. The summed E-state index contributed by atoms with van der Waals surface area (Å²) < 4.78 is 14.6. The summed E-state index contributed by atoms with van der Waals surface area (Å²) >= 11 is 0. The smallest absolute Gasteiger partial charge is 0.329 e. The zero-order valence-corrected chi connectivity index (χ0v) is 20.7. The second kappa shape index (κ2) is 8.94. The molecular weight excluding hydrogens is 464 g/mol. The topological polar surface area (TPSA) is 159 Å². The van der Waals surface area contributed by atoms with Crippen LogP contribution in [0.25, 0.3) is 33.8 Å². The maximum Gasteiger partial charge on any atom is 0.329 e. The van der Waals surface area contributed by atoms with E-state index in [0.29, 0.717) is 46.0 Å². The minimum absolute atomic E-state index is 0.261. The van der Waals surface area contributed by atoms with Crippen LogP contribution in [0, 0.1) is 0 Å². The van der Waals surface area contributed by atoms with Gasteiger partial charge in [0.2, 0.25) is 17.8 Å². The van der Waals surface area contributed by atoms with Crippen LogP contribution >= 0.6 is 0 Å². The van der Waals surface area contributed by atoms with Crippen molar-refractivity contribution in [3.05, 3.63) is 30.0 Å². The van der Waals surface area contributed by atoms with E-state index in [1.807, 2.05) is 11.7 Å². The van der Waals surface area contributed by atoms with Crippen LogP contribution in [0.15, 0.2) is 23.2 Å². The van der Waals surface area contributed by atoms with Crippen LogP contribution in [0.2, 0.25) is 0 Å². The molecule has 0 aromatic carbocycles. The molecule has 1 aliphatic carbocycles. The van der Waals surface area contributed by atoms with Gasteiger partial charge < -0.3 is 20.1 Å². The summed E-state index contributed by atoms with van der Waals surface area (Å²) in [5, 5.41) is 18.8. The molecule has 4 heterocycles. The number of nitrogens with two attached hydrogens (primary N) is 1. The average Bonchev–Trinajstić information content (AvgIpc) is 3.45. The van der Waals surface area contributed by atoms with E-state index in [2.05, 4.69) is 40.9 Å². The number of fused-ring (bicyclic) bond motifs is 1. The highest BCUT2D eigenvalue weighted by molar-refractivity contribution is 5.99. The number of aryl methyl sites for hydroxylation is 1. The van der Waals surface area contributed by atoms with Crippen molar-refractivity contribution < 1.29 is 23.7 Å². The van der Waals surface area contributed by atoms with Crippen LogP contribution in [0.3, 0.4) is 0 Å². The van der Waals surface area contributed by atoms with Crippen molar-refractivity contribution in [3.8, 4) is 22.8 Å². The molecule has 0 spiro atoms. The van der Waals surface area contributed by atoms with E-state index in [1.54, 1.807) is 23.3 Å². The van der Waals surface area contributed by atoms with Gasteiger partial charge in [-0.2, -0.15) is 5.10 Å². The number of anilines is 1. The van der Waals surface area contributed by atoms with Crippen LogP contribution in [0.1, 0.15) is 50.9 Å². The Labute approximate surface area is 207 Å². The summed E-state index contributed by atoms with van der Waals surface area (Å²) in [6.45, 7) is 6.08. The molecule has 0 unspecified atom stereocenters. The fourth-order valence-electron chi connectivity index (χ4n) is 4.04. The fourth-order valence-corrected chi connectivity index (χ4v) is 4.04. The number of rotatable bonds is 8. The van der Waals surface area contributed by atoms with E-state index in [9.17, 15) is 4.79 Å². The van der Waals surface area contributed by atoms with Gasteiger partial charge in [-0.3, -0.25) is 0 Å². The molecule has 0 saturated heterocycles. The second-order valence-corrected chi connectivity index (χ2v) is 10.0. The number of nitrogen functional groups attached to an aromatic ring is 1. The molecule has 4 aromatic rings. The largest absolute Gasteiger partial charge is 0.480 e. The molecule has 1 aliphatic rings. The zero-order valence-electron chi connectivity index (χ0n) is 20.7. The van der Waals surface area contributed by atoms with Gasteiger partial charge in [-0.05, 0) is 45.6 Å². The van der Waals surface area contributed by atoms with E-state index >= 15 is 0 Å². The quantitative estimate of drug-likeness (QED) is 0.275. The lowest BCUT2D eigenvalue weighted by atomic mass is 10.1. The molecule has 3 N–H and O–H groups in total. The van der Waals surface area contributed by atoms with Gasteiger partial charge in [0.25, 0.3) is 0 Å². The molecule has 0 atom stereocenters. The molecule has 0 radical (unpaired) electrons. The highest BCUT2D eigenvalue weighted by Crippen LogP contribution is 2.47. The number of aromatic nitrogens is 7. The third-order valence-corrected chi connectivity index (χ3v) is 6.07. The highest BCUT2D eigenvalue weighted by atomic mass is 16.5. The Hall–Kier alpha value is -3.93. The monoisotopic (exact) mass is 493 g/mol. The molecule has 5 rings (SSSR count). The summed E-state index contributed by atoms with van der Waals surface area (Å²) in [6.07, 6.45) is 7.61. The fraction of sp³-hybridized carbons (Fsp3) is 0.458. The lowest BCUT2D eigenvalue weighted by molar-refractivity contribution is -0.658. The lowest BCUT2D eigenvalue weighted by Crippen LogP contribution is -2.33. The molecule has 36 heavy (non-hydrogen) atoms. The van der Waals surface area contributed by atoms with Gasteiger partial charge >= 0.3 is 5.97 Å². The summed E-state index contributed by atoms with van der Waals surface area (Å²) in [7, 11) is 1.83. The van der Waals surface area contributed by atoms with Crippen molar-refractivity contribution in [2.45, 2.75) is 51.5 Å². The van der Waals surface area contributed by atoms with Crippen molar-refractivity contribution in [2.24, 2.45) is 7.05 Å². The first-order valence-electron chi connectivity index (χ1n) is 11.8. The van der Waals surface area contributed by atoms with Crippen molar-refractivity contribution in [2.75, 3.05) is 18.9 Å². The summed E-state index contributed by atoms with van der Waals surface area (Å²) in [6, 6.07) is 0. The SMILES string of the molecule is C[n+]1cnc2c(c(-c3noc(C4CC4)c3-c3ncc(CCOCC(=O)O)cn3)nn2C(C)(C)C)c1N. The molecule has 4 aromatic heterocycles. The van der Waals surface area contributed by atoms with Gasteiger partial charge in [-0.1, -0.05) is 10.1 Å². The minimum Gasteiger partial charge on any atom is -0.480 e. The Kier molecular flexibility index (Phi) is 5.91. The first-order valence-corrected chi connectivity index (χ1v) is 11.8. The number of carboxylic acids is 1. The summed E-state index contributed by atoms with van der Waals surface area (Å²) in [4.78, 5) is 24.4. The maximum atomic E-state index is 10.6. The number of hydrogen-bond acceptors (Lipinski definition) is 9. The first-order chi connectivity index (χ1) is 17.1. The number of nitrogens with zero attached hydrogens (tertiary/aromatic N) is 7. The molecule has 1 fully saturated rings. The van der Waals surface area contributed by atoms with E-state index in [-0.39, 0.29) is 24.7 Å². The van der Waals surface area contributed by atoms with Crippen LogP contribution in [0.4, 0.5) is 5.82 Å². The van der Waals surface area contributed by atoms with Gasteiger partial charge in [0.15, 0.2) is 11.6 Å². The number of aliphatic carboxylic acids is 1. The van der Waals surface area contributed by atoms with E-state index in [4.69, 9.17) is 25.2 Å². The Morgan fingerprint density at radius 2 is 1.97 bits per heavy atom. The Balaban J connectivity index is 1.59. The molecule has 12 nitrogen and oxygen atoms in total. The molecular formula is C24H29N8O4+. The first kappa shape index (κ1) is 23.8.